The van der Waals surface area contributed by atoms with E-state index in [1.807, 2.05) is 27.0 Å². The minimum Gasteiger partial charge on any atom is -0.352 e. The van der Waals surface area contributed by atoms with Crippen LogP contribution in [0.4, 0.5) is 0 Å². The van der Waals surface area contributed by atoms with Crippen molar-refractivity contribution in [3.63, 3.8) is 0 Å². The second kappa shape index (κ2) is 9.17. The number of hydrogen-bond donors (Lipinski definition) is 2. The van der Waals surface area contributed by atoms with Gasteiger partial charge in [0.2, 0.25) is 5.91 Å². The van der Waals surface area contributed by atoms with Crippen LogP contribution in [0.3, 0.4) is 0 Å². The molecule has 2 rings (SSSR count). The van der Waals surface area contributed by atoms with Gasteiger partial charge in [-0.25, -0.2) is 9.97 Å². The van der Waals surface area contributed by atoms with Crippen molar-refractivity contribution in [1.82, 2.24) is 20.6 Å². The number of carbonyl (C=O) groups excluding carboxylic acids is 2. The minimum absolute atomic E-state index is 0.0193. The smallest absolute Gasteiger partial charge is 0.256 e. The number of hydrogen-bond acceptors (Lipinski definition) is 5. The van der Waals surface area contributed by atoms with Gasteiger partial charge in [-0.15, -0.1) is 11.8 Å². The summed E-state index contributed by atoms with van der Waals surface area (Å²) in [4.78, 5) is 33.5. The lowest BCUT2D eigenvalue weighted by molar-refractivity contribution is -0.121. The number of nitrogens with one attached hydrogen (secondary N) is 2. The van der Waals surface area contributed by atoms with Gasteiger partial charge in [-0.3, -0.25) is 9.59 Å². The summed E-state index contributed by atoms with van der Waals surface area (Å²) in [6, 6.07) is 0.246. The third-order valence-corrected chi connectivity index (χ3v) is 5.07. The summed E-state index contributed by atoms with van der Waals surface area (Å²) < 4.78 is 0. The lowest BCUT2D eigenvalue weighted by Gasteiger charge is -2.22. The van der Waals surface area contributed by atoms with Crippen LogP contribution >= 0.6 is 11.8 Å². The van der Waals surface area contributed by atoms with Crippen molar-refractivity contribution in [3.8, 4) is 0 Å². The number of aryl methyl sites for hydroxylation is 1. The molecule has 6 nitrogen and oxygen atoms in total. The summed E-state index contributed by atoms with van der Waals surface area (Å²) in [6.07, 6.45) is 7.50. The molecule has 25 heavy (non-hydrogen) atoms. The number of rotatable bonds is 6. The fourth-order valence-corrected chi connectivity index (χ4v) is 3.64. The van der Waals surface area contributed by atoms with E-state index in [1.165, 1.54) is 18.2 Å². The summed E-state index contributed by atoms with van der Waals surface area (Å²) in [6.45, 7) is 5.83. The van der Waals surface area contributed by atoms with Gasteiger partial charge in [0.15, 0.2) is 0 Å². The zero-order valence-corrected chi connectivity index (χ0v) is 16.3. The second-order valence-electron chi connectivity index (χ2n) is 6.79. The van der Waals surface area contributed by atoms with E-state index in [4.69, 9.17) is 0 Å². The summed E-state index contributed by atoms with van der Waals surface area (Å²) in [7, 11) is 0. The number of carbonyl (C=O) groups is 2. The molecule has 2 N–H and O–H groups in total. The summed E-state index contributed by atoms with van der Waals surface area (Å²) in [5.74, 6) is 0.496. The molecule has 1 aromatic heterocycles. The zero-order chi connectivity index (χ0) is 18.4. The van der Waals surface area contributed by atoms with Crippen LogP contribution < -0.4 is 10.6 Å². The lowest BCUT2D eigenvalue weighted by atomic mass is 9.95. The fourth-order valence-electron chi connectivity index (χ4n) is 3.01. The monoisotopic (exact) mass is 364 g/mol. The Bertz CT molecular complexity index is 628. The zero-order valence-electron chi connectivity index (χ0n) is 15.5. The van der Waals surface area contributed by atoms with Gasteiger partial charge in [0, 0.05) is 12.0 Å². The molecule has 138 valence electrons. The number of amides is 2. The molecule has 1 aliphatic carbocycles. The number of nitrogens with zero attached hydrogens (tertiary/aromatic N) is 2. The molecule has 0 spiro atoms. The highest BCUT2D eigenvalue weighted by atomic mass is 32.2. The molecule has 0 atom stereocenters. The van der Waals surface area contributed by atoms with E-state index >= 15 is 0 Å². The maximum atomic E-state index is 12.5. The van der Waals surface area contributed by atoms with Gasteiger partial charge < -0.3 is 10.6 Å². The maximum Gasteiger partial charge on any atom is 0.256 e. The molecule has 1 saturated carbocycles. The van der Waals surface area contributed by atoms with Crippen molar-refractivity contribution >= 4 is 23.6 Å². The predicted molar refractivity (Wildman–Crippen MR) is 100.0 cm³/mol. The van der Waals surface area contributed by atoms with Crippen molar-refractivity contribution < 1.29 is 9.59 Å². The molecule has 0 unspecified atom stereocenters. The molecule has 1 heterocycles. The van der Waals surface area contributed by atoms with E-state index in [2.05, 4.69) is 20.6 Å². The van der Waals surface area contributed by atoms with Crippen molar-refractivity contribution in [3.05, 3.63) is 17.1 Å². The van der Waals surface area contributed by atoms with Gasteiger partial charge in [0.1, 0.15) is 10.9 Å². The van der Waals surface area contributed by atoms with Crippen LogP contribution in [0.5, 0.6) is 0 Å². The van der Waals surface area contributed by atoms with Crippen LogP contribution in [0.1, 0.15) is 73.7 Å². The first kappa shape index (κ1) is 19.7. The second-order valence-corrected chi connectivity index (χ2v) is 7.59. The van der Waals surface area contributed by atoms with Crippen LogP contribution in [-0.4, -0.2) is 40.6 Å². The normalized spacial score (nSPS) is 15.2. The van der Waals surface area contributed by atoms with Crippen molar-refractivity contribution in [2.45, 2.75) is 69.9 Å². The van der Waals surface area contributed by atoms with Gasteiger partial charge in [0.25, 0.3) is 5.91 Å². The van der Waals surface area contributed by atoms with Gasteiger partial charge in [-0.1, -0.05) is 33.1 Å². The average Bonchev–Trinajstić information content (AvgIpc) is 2.59. The third-order valence-electron chi connectivity index (χ3n) is 4.39. The Hall–Kier alpha value is -1.63. The Morgan fingerprint density at radius 2 is 1.88 bits per heavy atom. The van der Waals surface area contributed by atoms with E-state index in [0.717, 1.165) is 31.5 Å². The SMILES string of the molecule is CSc1nc(C(C)C)nc(C)c1C(=O)NCC(=O)NC1CCCCC1. The molecule has 0 aliphatic heterocycles. The first-order valence-electron chi connectivity index (χ1n) is 8.92. The summed E-state index contributed by atoms with van der Waals surface area (Å²) >= 11 is 1.42. The van der Waals surface area contributed by atoms with E-state index in [-0.39, 0.29) is 30.3 Å². The molecule has 7 heteroatoms. The van der Waals surface area contributed by atoms with E-state index in [1.54, 1.807) is 0 Å². The van der Waals surface area contributed by atoms with E-state index < -0.39 is 0 Å². The maximum absolute atomic E-state index is 12.5. The van der Waals surface area contributed by atoms with Gasteiger partial charge in [-0.2, -0.15) is 0 Å². The van der Waals surface area contributed by atoms with Gasteiger partial charge >= 0.3 is 0 Å². The van der Waals surface area contributed by atoms with Crippen LogP contribution in [0.15, 0.2) is 5.03 Å². The Morgan fingerprint density at radius 3 is 2.48 bits per heavy atom. The van der Waals surface area contributed by atoms with Crippen molar-refractivity contribution in [1.29, 1.82) is 0 Å². The van der Waals surface area contributed by atoms with Crippen LogP contribution in [0.25, 0.3) is 0 Å². The molecule has 0 radical (unpaired) electrons. The summed E-state index contributed by atoms with van der Waals surface area (Å²) in [5.41, 5.74) is 1.11. The molecule has 2 amide bonds. The first-order valence-corrected chi connectivity index (χ1v) is 10.1. The number of thioether (sulfide) groups is 1. The van der Waals surface area contributed by atoms with Crippen LogP contribution in [0, 0.1) is 6.92 Å². The standard InChI is InChI=1S/C18H28N4O2S/c1-11(2)16-20-12(3)15(18(22-16)25-4)17(24)19-10-14(23)21-13-8-6-5-7-9-13/h11,13H,5-10H2,1-4H3,(H,19,24)(H,21,23). The van der Waals surface area contributed by atoms with E-state index in [0.29, 0.717) is 16.3 Å². The number of aromatic nitrogens is 2. The largest absolute Gasteiger partial charge is 0.352 e. The Morgan fingerprint density at radius 1 is 1.20 bits per heavy atom. The summed E-state index contributed by atoms with van der Waals surface area (Å²) in [5, 5.41) is 6.37. The van der Waals surface area contributed by atoms with E-state index in [9.17, 15) is 9.59 Å². The van der Waals surface area contributed by atoms with Crippen molar-refractivity contribution in [2.24, 2.45) is 0 Å². The molecule has 0 saturated heterocycles. The van der Waals surface area contributed by atoms with Gasteiger partial charge in [0.05, 0.1) is 17.8 Å². The molecule has 0 aromatic carbocycles. The Kier molecular flexibility index (Phi) is 7.23. The third kappa shape index (κ3) is 5.42. The Labute approximate surface area is 154 Å². The van der Waals surface area contributed by atoms with Crippen LogP contribution in [0.2, 0.25) is 0 Å². The van der Waals surface area contributed by atoms with Crippen molar-refractivity contribution in [2.75, 3.05) is 12.8 Å². The molecular formula is C18H28N4O2S. The first-order chi connectivity index (χ1) is 11.9. The molecule has 1 aromatic rings. The highest BCUT2D eigenvalue weighted by molar-refractivity contribution is 7.98. The van der Waals surface area contributed by atoms with Gasteiger partial charge in [-0.05, 0) is 26.0 Å². The fraction of sp³-hybridized carbons (Fsp3) is 0.667. The Balaban J connectivity index is 1.99. The molecule has 1 aliphatic rings. The predicted octanol–water partition coefficient (Wildman–Crippen LogP) is 2.81. The quantitative estimate of drug-likeness (QED) is 0.599. The molecular weight excluding hydrogens is 336 g/mol. The molecule has 0 bridgehead atoms. The topological polar surface area (TPSA) is 84.0 Å². The van der Waals surface area contributed by atoms with Crippen LogP contribution in [-0.2, 0) is 4.79 Å². The lowest BCUT2D eigenvalue weighted by Crippen LogP contribution is -2.42. The molecule has 1 fully saturated rings. The highest BCUT2D eigenvalue weighted by Gasteiger charge is 2.21. The minimum atomic E-state index is -0.295. The average molecular weight is 365 g/mol. The highest BCUT2D eigenvalue weighted by Crippen LogP contribution is 2.23.